The van der Waals surface area contributed by atoms with Gasteiger partial charge in [-0.2, -0.15) is 0 Å². The summed E-state index contributed by atoms with van der Waals surface area (Å²) >= 11 is 5.68. The van der Waals surface area contributed by atoms with Crippen molar-refractivity contribution < 1.29 is 0 Å². The Labute approximate surface area is 53.1 Å². The molecule has 1 aliphatic rings. The molecule has 0 aliphatic heterocycles. The van der Waals surface area contributed by atoms with E-state index in [1.807, 2.05) is 12.1 Å². The molecule has 40 valence electrons. The number of hydrogen-bond acceptors (Lipinski definition) is 0. The monoisotopic (exact) mass is 124 g/mol. The van der Waals surface area contributed by atoms with E-state index in [2.05, 4.69) is 6.07 Å². The molecule has 0 spiro atoms. The Balaban J connectivity index is 2.64. The molecule has 0 aromatic heterocycles. The fourth-order valence-corrected chi connectivity index (χ4v) is 1.06. The minimum atomic E-state index is 0.862. The lowest BCUT2D eigenvalue weighted by Crippen LogP contribution is -1.55. The summed E-state index contributed by atoms with van der Waals surface area (Å²) in [6.45, 7) is 0. The van der Waals surface area contributed by atoms with E-state index in [4.69, 9.17) is 11.6 Å². The highest BCUT2D eigenvalue weighted by atomic mass is 35.5. The summed E-state index contributed by atoms with van der Waals surface area (Å²) in [4.78, 5) is 0. The molecule has 0 atom stereocenters. The molecule has 8 heavy (non-hydrogen) atoms. The van der Waals surface area contributed by atoms with Crippen molar-refractivity contribution in [2.24, 2.45) is 0 Å². The van der Waals surface area contributed by atoms with Crippen molar-refractivity contribution in [1.82, 2.24) is 0 Å². The third-order valence-corrected chi connectivity index (χ3v) is 1.66. The van der Waals surface area contributed by atoms with Crippen LogP contribution in [0.3, 0.4) is 0 Å². The van der Waals surface area contributed by atoms with E-state index in [0.717, 1.165) is 11.4 Å². The molecule has 0 saturated heterocycles. The van der Waals surface area contributed by atoms with Crippen LogP contribution in [0.25, 0.3) is 0 Å². The maximum absolute atomic E-state index is 5.68. The average molecular weight is 125 g/mol. The van der Waals surface area contributed by atoms with Gasteiger partial charge in [0.15, 0.2) is 0 Å². The Morgan fingerprint density at radius 1 is 1.25 bits per heavy atom. The summed E-state index contributed by atoms with van der Waals surface area (Å²) in [5, 5.41) is 0.862. The largest absolute Gasteiger partial charge is 0.0843 e. The van der Waals surface area contributed by atoms with E-state index in [-0.39, 0.29) is 0 Å². The highest BCUT2D eigenvalue weighted by Gasteiger charge is 2.14. The first-order valence-electron chi connectivity index (χ1n) is 2.63. The number of benzene rings is 1. The standard InChI is InChI=1S/C7H5Cl/c8-7-2-1-5-3-6(5)4-7/h1-2,4H,3H2. The van der Waals surface area contributed by atoms with Crippen LogP contribution in [0.2, 0.25) is 5.02 Å². The molecule has 0 heterocycles. The molecule has 1 aromatic carbocycles. The lowest BCUT2D eigenvalue weighted by atomic mass is 10.4. The predicted molar refractivity (Wildman–Crippen MR) is 34.3 cm³/mol. The Morgan fingerprint density at radius 2 is 2.12 bits per heavy atom. The molecule has 0 N–H and O–H groups in total. The summed E-state index contributed by atoms with van der Waals surface area (Å²) in [5.41, 5.74) is 2.87. The summed E-state index contributed by atoms with van der Waals surface area (Å²) < 4.78 is 0. The summed E-state index contributed by atoms with van der Waals surface area (Å²) in [6, 6.07) is 6.04. The third kappa shape index (κ3) is 0.532. The lowest BCUT2D eigenvalue weighted by molar-refractivity contribution is 1.61. The van der Waals surface area contributed by atoms with Crippen LogP contribution in [0, 0.1) is 0 Å². The number of fused-ring (bicyclic) bond motifs is 1. The van der Waals surface area contributed by atoms with E-state index in [0.29, 0.717) is 0 Å². The Hall–Kier alpha value is -0.490. The van der Waals surface area contributed by atoms with Crippen LogP contribution in [-0.2, 0) is 6.42 Å². The van der Waals surface area contributed by atoms with Gasteiger partial charge in [-0.25, -0.2) is 0 Å². The Morgan fingerprint density at radius 3 is 2.75 bits per heavy atom. The first-order chi connectivity index (χ1) is 3.86. The van der Waals surface area contributed by atoms with Crippen LogP contribution in [0.1, 0.15) is 11.1 Å². The lowest BCUT2D eigenvalue weighted by Gasteiger charge is -1.79. The molecule has 1 aromatic rings. The van der Waals surface area contributed by atoms with Gasteiger partial charge in [0, 0.05) is 5.02 Å². The van der Waals surface area contributed by atoms with Crippen LogP contribution in [-0.4, -0.2) is 0 Å². The van der Waals surface area contributed by atoms with Gasteiger partial charge in [-0.15, -0.1) is 0 Å². The van der Waals surface area contributed by atoms with Crippen LogP contribution in [0.4, 0.5) is 0 Å². The molecular formula is C7H5Cl. The molecule has 0 bridgehead atoms. The second-order valence-electron chi connectivity index (χ2n) is 2.09. The fourth-order valence-electron chi connectivity index (χ4n) is 0.865. The van der Waals surface area contributed by atoms with Gasteiger partial charge in [0.25, 0.3) is 0 Å². The fraction of sp³-hybridized carbons (Fsp3) is 0.143. The molecule has 0 radical (unpaired) electrons. The SMILES string of the molecule is Clc1ccc2c(c1)C2. The topological polar surface area (TPSA) is 0 Å². The number of rotatable bonds is 0. The predicted octanol–water partition coefficient (Wildman–Crippen LogP) is 2.24. The van der Waals surface area contributed by atoms with Gasteiger partial charge in [0.05, 0.1) is 0 Å². The highest BCUT2D eigenvalue weighted by molar-refractivity contribution is 6.30. The minimum Gasteiger partial charge on any atom is -0.0843 e. The molecular weight excluding hydrogens is 120 g/mol. The average Bonchev–Trinajstić information content (AvgIpc) is 2.43. The van der Waals surface area contributed by atoms with Crippen LogP contribution in [0.15, 0.2) is 18.2 Å². The smallest absolute Gasteiger partial charge is 0.0409 e. The van der Waals surface area contributed by atoms with Gasteiger partial charge in [-0.1, -0.05) is 17.7 Å². The molecule has 0 nitrogen and oxygen atoms in total. The van der Waals surface area contributed by atoms with Gasteiger partial charge in [-0.05, 0) is 29.7 Å². The van der Waals surface area contributed by atoms with Crippen LogP contribution >= 0.6 is 11.6 Å². The van der Waals surface area contributed by atoms with Crippen molar-refractivity contribution in [2.75, 3.05) is 0 Å². The van der Waals surface area contributed by atoms with Gasteiger partial charge < -0.3 is 0 Å². The molecule has 0 fully saturated rings. The van der Waals surface area contributed by atoms with E-state index in [1.165, 1.54) is 11.1 Å². The summed E-state index contributed by atoms with van der Waals surface area (Å²) in [6.07, 6.45) is 1.16. The third-order valence-electron chi connectivity index (χ3n) is 1.42. The van der Waals surface area contributed by atoms with Crippen LogP contribution < -0.4 is 0 Å². The van der Waals surface area contributed by atoms with Gasteiger partial charge in [0.1, 0.15) is 0 Å². The minimum absolute atomic E-state index is 0.862. The Kier molecular flexibility index (Phi) is 0.694. The zero-order valence-electron chi connectivity index (χ0n) is 4.32. The van der Waals surface area contributed by atoms with E-state index in [9.17, 15) is 0 Å². The van der Waals surface area contributed by atoms with Crippen molar-refractivity contribution in [3.8, 4) is 0 Å². The maximum Gasteiger partial charge on any atom is 0.0409 e. The molecule has 1 aliphatic carbocycles. The molecule has 2 rings (SSSR count). The first kappa shape index (κ1) is 4.39. The molecule has 1 heteroatoms. The van der Waals surface area contributed by atoms with Gasteiger partial charge in [-0.3, -0.25) is 0 Å². The molecule has 0 amide bonds. The van der Waals surface area contributed by atoms with Crippen molar-refractivity contribution in [1.29, 1.82) is 0 Å². The van der Waals surface area contributed by atoms with Crippen molar-refractivity contribution >= 4 is 11.6 Å². The van der Waals surface area contributed by atoms with Crippen molar-refractivity contribution in [3.05, 3.63) is 34.3 Å². The molecule has 0 unspecified atom stereocenters. The van der Waals surface area contributed by atoms with Gasteiger partial charge >= 0.3 is 0 Å². The maximum atomic E-state index is 5.68. The second-order valence-corrected chi connectivity index (χ2v) is 2.53. The second kappa shape index (κ2) is 1.26. The van der Waals surface area contributed by atoms with Gasteiger partial charge in [0.2, 0.25) is 0 Å². The van der Waals surface area contributed by atoms with E-state index in [1.54, 1.807) is 0 Å². The number of halogens is 1. The molecule has 0 saturated carbocycles. The van der Waals surface area contributed by atoms with Crippen LogP contribution in [0.5, 0.6) is 0 Å². The van der Waals surface area contributed by atoms with Crippen molar-refractivity contribution in [3.63, 3.8) is 0 Å². The summed E-state index contributed by atoms with van der Waals surface area (Å²) in [5.74, 6) is 0. The first-order valence-corrected chi connectivity index (χ1v) is 3.01. The highest BCUT2D eigenvalue weighted by Crippen LogP contribution is 2.29. The zero-order chi connectivity index (χ0) is 5.56. The zero-order valence-corrected chi connectivity index (χ0v) is 5.07. The Bertz CT molecular complexity index is 227. The summed E-state index contributed by atoms with van der Waals surface area (Å²) in [7, 11) is 0. The number of hydrogen-bond donors (Lipinski definition) is 0. The normalized spacial score (nSPS) is 13.1. The quantitative estimate of drug-likeness (QED) is 0.505. The van der Waals surface area contributed by atoms with E-state index >= 15 is 0 Å². The van der Waals surface area contributed by atoms with E-state index < -0.39 is 0 Å². The van der Waals surface area contributed by atoms with Crippen molar-refractivity contribution in [2.45, 2.75) is 6.42 Å².